The van der Waals surface area contributed by atoms with E-state index in [0.717, 1.165) is 30.8 Å². The lowest BCUT2D eigenvalue weighted by Crippen LogP contribution is -2.59. The molecule has 1 N–H and O–H groups in total. The fourth-order valence-corrected chi connectivity index (χ4v) is 6.58. The molecule has 5 heteroatoms. The summed E-state index contributed by atoms with van der Waals surface area (Å²) in [6.45, 7) is 7.94. The van der Waals surface area contributed by atoms with Crippen LogP contribution in [0, 0.1) is 29.6 Å². The van der Waals surface area contributed by atoms with Crippen LogP contribution in [0.5, 0.6) is 5.75 Å². The molecule has 1 spiro atoms. The molecule has 3 aliphatic rings. The zero-order valence-corrected chi connectivity index (χ0v) is 18.4. The van der Waals surface area contributed by atoms with E-state index in [2.05, 4.69) is 44.3 Å². The molecule has 0 unspecified atom stereocenters. The van der Waals surface area contributed by atoms with Crippen molar-refractivity contribution in [3.8, 4) is 5.75 Å². The number of carbonyl (C=O) groups excluding carboxylic acids is 1. The minimum Gasteiger partial charge on any atom is -0.496 e. The van der Waals surface area contributed by atoms with Gasteiger partial charge < -0.3 is 19.5 Å². The molecule has 3 fully saturated rings. The van der Waals surface area contributed by atoms with Gasteiger partial charge in [0.15, 0.2) is 0 Å². The minimum absolute atomic E-state index is 0.0266. The van der Waals surface area contributed by atoms with Crippen molar-refractivity contribution < 1.29 is 19.0 Å². The van der Waals surface area contributed by atoms with Gasteiger partial charge in [-0.15, -0.1) is 0 Å². The van der Waals surface area contributed by atoms with E-state index in [1.807, 2.05) is 0 Å². The van der Waals surface area contributed by atoms with Crippen molar-refractivity contribution in [2.24, 2.45) is 22.7 Å². The normalized spacial score (nSPS) is 34.7. The Hall–Kier alpha value is -1.59. The summed E-state index contributed by atoms with van der Waals surface area (Å²) in [6, 6.07) is 6.58. The van der Waals surface area contributed by atoms with Gasteiger partial charge in [0, 0.05) is 31.7 Å². The van der Waals surface area contributed by atoms with Crippen LogP contribution in [0.3, 0.4) is 0 Å². The van der Waals surface area contributed by atoms with Gasteiger partial charge in [0.1, 0.15) is 5.75 Å². The standard InChI is InChI=1S/C24H35NO4/c1-15-6-7-17(19(12-15)28-5)21-18-13-16-14-24(18,9-11-29-21)22(23(16,2)3)25-20(26)8-10-27-4/h6-7,12,16,18,21-22H,8-11,13-14H2,1-5H3,(H,25,26)/t16-,18-,21-,22-,24-/m1/s1. The number of hydrogen-bond acceptors (Lipinski definition) is 4. The summed E-state index contributed by atoms with van der Waals surface area (Å²) in [4.78, 5) is 12.6. The Bertz CT molecular complexity index is 776. The first-order valence-electron chi connectivity index (χ1n) is 10.9. The number of fused-ring (bicyclic) bond motifs is 1. The Morgan fingerprint density at radius 2 is 2.10 bits per heavy atom. The monoisotopic (exact) mass is 401 g/mol. The Balaban J connectivity index is 1.66. The van der Waals surface area contributed by atoms with Gasteiger partial charge in [0.2, 0.25) is 5.91 Å². The summed E-state index contributed by atoms with van der Waals surface area (Å²) in [7, 11) is 3.38. The fourth-order valence-electron chi connectivity index (χ4n) is 6.58. The summed E-state index contributed by atoms with van der Waals surface area (Å²) in [5.74, 6) is 2.01. The van der Waals surface area contributed by atoms with E-state index in [1.165, 1.54) is 12.0 Å². The lowest BCUT2D eigenvalue weighted by Gasteiger charge is -2.53. The summed E-state index contributed by atoms with van der Waals surface area (Å²) < 4.78 is 17.2. The Morgan fingerprint density at radius 3 is 2.83 bits per heavy atom. The molecule has 1 aromatic carbocycles. The minimum atomic E-state index is 0.0266. The molecule has 29 heavy (non-hydrogen) atoms. The van der Waals surface area contributed by atoms with Crippen LogP contribution in [0.1, 0.15) is 56.8 Å². The van der Waals surface area contributed by atoms with Crippen molar-refractivity contribution in [3.63, 3.8) is 0 Å². The van der Waals surface area contributed by atoms with Crippen LogP contribution in [-0.2, 0) is 14.3 Å². The van der Waals surface area contributed by atoms with Crippen LogP contribution < -0.4 is 10.1 Å². The highest BCUT2D eigenvalue weighted by Crippen LogP contribution is 2.70. The average molecular weight is 402 g/mol. The van der Waals surface area contributed by atoms with Crippen LogP contribution in [0.2, 0.25) is 0 Å². The summed E-state index contributed by atoms with van der Waals surface area (Å²) in [6.07, 6.45) is 3.78. The predicted octanol–water partition coefficient (Wildman–Crippen LogP) is 4.04. The number of hydrogen-bond donors (Lipinski definition) is 1. The Morgan fingerprint density at radius 1 is 1.31 bits per heavy atom. The third-order valence-corrected chi connectivity index (χ3v) is 8.04. The molecule has 0 aromatic heterocycles. The quantitative estimate of drug-likeness (QED) is 0.782. The van der Waals surface area contributed by atoms with Gasteiger partial charge in [-0.3, -0.25) is 4.79 Å². The highest BCUT2D eigenvalue weighted by molar-refractivity contribution is 5.76. The number of aryl methyl sites for hydroxylation is 1. The maximum atomic E-state index is 12.6. The van der Waals surface area contributed by atoms with Gasteiger partial charge in [-0.25, -0.2) is 0 Å². The summed E-state index contributed by atoms with van der Waals surface area (Å²) in [5, 5.41) is 3.43. The molecule has 1 amide bonds. The molecule has 1 aliphatic heterocycles. The largest absolute Gasteiger partial charge is 0.496 e. The van der Waals surface area contributed by atoms with Gasteiger partial charge in [0.05, 0.1) is 19.8 Å². The van der Waals surface area contributed by atoms with Crippen LogP contribution in [0.4, 0.5) is 0 Å². The Kier molecular flexibility index (Phi) is 5.41. The van der Waals surface area contributed by atoms with Crippen molar-refractivity contribution >= 4 is 5.91 Å². The number of ether oxygens (including phenoxy) is 3. The molecule has 1 saturated heterocycles. The van der Waals surface area contributed by atoms with Crippen molar-refractivity contribution in [1.29, 1.82) is 0 Å². The molecule has 1 heterocycles. The number of benzene rings is 1. The molecule has 1 aromatic rings. The number of nitrogens with one attached hydrogen (secondary N) is 1. The van der Waals surface area contributed by atoms with E-state index < -0.39 is 0 Å². The Labute approximate surface area is 174 Å². The number of rotatable bonds is 6. The molecule has 4 rings (SSSR count). The molecule has 5 nitrogen and oxygen atoms in total. The molecular weight excluding hydrogens is 366 g/mol. The van der Waals surface area contributed by atoms with Gasteiger partial charge >= 0.3 is 0 Å². The van der Waals surface area contributed by atoms with Crippen molar-refractivity contribution in [1.82, 2.24) is 5.32 Å². The third kappa shape index (κ3) is 3.27. The predicted molar refractivity (Wildman–Crippen MR) is 112 cm³/mol. The van der Waals surface area contributed by atoms with Crippen molar-refractivity contribution in [2.75, 3.05) is 27.4 Å². The first kappa shape index (κ1) is 20.7. The lowest BCUT2D eigenvalue weighted by atomic mass is 9.58. The van der Waals surface area contributed by atoms with E-state index >= 15 is 0 Å². The SMILES string of the molecule is COCCC(=O)N[C@@H]1C(C)(C)[C@@H]2C[C@@H]3[C@@H](c4ccc(C)cc4OC)OCC[C@@]31C2. The molecule has 0 radical (unpaired) electrons. The third-order valence-electron chi connectivity index (χ3n) is 8.04. The second-order valence-corrected chi connectivity index (χ2v) is 9.83. The lowest BCUT2D eigenvalue weighted by molar-refractivity contribution is -0.138. The van der Waals surface area contributed by atoms with Gasteiger partial charge in [0.25, 0.3) is 0 Å². The van der Waals surface area contributed by atoms with Crippen LogP contribution in [0.25, 0.3) is 0 Å². The summed E-state index contributed by atoms with van der Waals surface area (Å²) in [5.41, 5.74) is 2.53. The van der Waals surface area contributed by atoms with E-state index in [9.17, 15) is 4.79 Å². The average Bonchev–Trinajstić information content (AvgIpc) is 3.19. The molecule has 5 atom stereocenters. The van der Waals surface area contributed by atoms with E-state index in [1.54, 1.807) is 14.2 Å². The van der Waals surface area contributed by atoms with Gasteiger partial charge in [-0.05, 0) is 60.5 Å². The fraction of sp³-hybridized carbons (Fsp3) is 0.708. The second kappa shape index (κ2) is 7.59. The number of methoxy groups -OCH3 is 2. The smallest absolute Gasteiger partial charge is 0.222 e. The van der Waals surface area contributed by atoms with Crippen LogP contribution >= 0.6 is 0 Å². The molecule has 2 saturated carbocycles. The van der Waals surface area contributed by atoms with E-state index in [-0.39, 0.29) is 28.9 Å². The van der Waals surface area contributed by atoms with Crippen molar-refractivity contribution in [2.45, 2.75) is 58.6 Å². The number of amides is 1. The van der Waals surface area contributed by atoms with E-state index in [4.69, 9.17) is 14.2 Å². The van der Waals surface area contributed by atoms with Crippen LogP contribution in [0.15, 0.2) is 18.2 Å². The number of carbonyl (C=O) groups is 1. The topological polar surface area (TPSA) is 56.8 Å². The van der Waals surface area contributed by atoms with Crippen LogP contribution in [-0.4, -0.2) is 39.4 Å². The van der Waals surface area contributed by atoms with Crippen molar-refractivity contribution in [3.05, 3.63) is 29.3 Å². The zero-order chi connectivity index (χ0) is 20.8. The first-order chi connectivity index (χ1) is 13.8. The molecule has 2 aliphatic carbocycles. The first-order valence-corrected chi connectivity index (χ1v) is 10.9. The second-order valence-electron chi connectivity index (χ2n) is 9.83. The molecular formula is C24H35NO4. The highest BCUT2D eigenvalue weighted by atomic mass is 16.5. The maximum Gasteiger partial charge on any atom is 0.222 e. The molecule has 160 valence electrons. The summed E-state index contributed by atoms with van der Waals surface area (Å²) >= 11 is 0. The maximum absolute atomic E-state index is 12.6. The van der Waals surface area contributed by atoms with E-state index in [0.29, 0.717) is 24.9 Å². The zero-order valence-electron chi connectivity index (χ0n) is 18.4. The van der Waals surface area contributed by atoms with Gasteiger partial charge in [-0.2, -0.15) is 0 Å². The highest BCUT2D eigenvalue weighted by Gasteiger charge is 2.68. The van der Waals surface area contributed by atoms with Gasteiger partial charge in [-0.1, -0.05) is 26.0 Å². The molecule has 2 bridgehead atoms.